The van der Waals surface area contributed by atoms with Crippen LogP contribution in [0.5, 0.6) is 0 Å². The zero-order chi connectivity index (χ0) is 15.4. The van der Waals surface area contributed by atoms with Crippen molar-refractivity contribution in [1.29, 1.82) is 0 Å². The molecule has 120 valence electrons. The molecule has 2 aliphatic rings. The third-order valence-electron chi connectivity index (χ3n) is 4.19. The second-order valence-corrected chi connectivity index (χ2v) is 5.74. The highest BCUT2D eigenvalue weighted by Crippen LogP contribution is 2.24. The molecule has 0 aliphatic carbocycles. The first-order chi connectivity index (χ1) is 10.7. The first-order valence-electron chi connectivity index (χ1n) is 7.92. The number of hydrogen-bond donors (Lipinski definition) is 1. The lowest BCUT2D eigenvalue weighted by atomic mass is 10.1. The molecule has 0 aromatic heterocycles. The van der Waals surface area contributed by atoms with Crippen molar-refractivity contribution >= 4 is 17.4 Å². The first-order valence-corrected chi connectivity index (χ1v) is 7.92. The summed E-state index contributed by atoms with van der Waals surface area (Å²) in [5.41, 5.74) is 1.07. The Morgan fingerprint density at radius 1 is 1.09 bits per heavy atom. The number of anilines is 2. The predicted octanol–water partition coefficient (Wildman–Crippen LogP) is 2.68. The van der Waals surface area contributed by atoms with E-state index in [2.05, 4.69) is 5.32 Å². The highest BCUT2D eigenvalue weighted by atomic mass is 19.1. The number of likely N-dealkylation sites (tertiary alicyclic amines) is 1. The lowest BCUT2D eigenvalue weighted by molar-refractivity contribution is 0.122. The van der Waals surface area contributed by atoms with Crippen LogP contribution in [0, 0.1) is 5.82 Å². The molecule has 2 saturated heterocycles. The molecular formula is C16H22FN3O2. The van der Waals surface area contributed by atoms with Crippen LogP contribution in [0.1, 0.15) is 19.3 Å². The SMILES string of the molecule is O=C(Nc1ccc(N2CCOCC2)c(F)c1)N1CCCCC1. The maximum Gasteiger partial charge on any atom is 0.321 e. The average Bonchev–Trinajstić information content (AvgIpc) is 2.56. The molecule has 0 radical (unpaired) electrons. The van der Waals surface area contributed by atoms with E-state index in [9.17, 15) is 9.18 Å². The molecule has 0 unspecified atom stereocenters. The molecular weight excluding hydrogens is 285 g/mol. The smallest absolute Gasteiger partial charge is 0.321 e. The number of amides is 2. The monoisotopic (exact) mass is 307 g/mol. The summed E-state index contributed by atoms with van der Waals surface area (Å²) < 4.78 is 19.6. The fourth-order valence-corrected chi connectivity index (χ4v) is 2.94. The second-order valence-electron chi connectivity index (χ2n) is 5.74. The highest BCUT2D eigenvalue weighted by Gasteiger charge is 2.18. The Balaban J connectivity index is 1.64. The van der Waals surface area contributed by atoms with Crippen molar-refractivity contribution in [3.8, 4) is 0 Å². The second kappa shape index (κ2) is 6.96. The quantitative estimate of drug-likeness (QED) is 0.913. The van der Waals surface area contributed by atoms with Crippen molar-refractivity contribution in [3.05, 3.63) is 24.0 Å². The number of morpholine rings is 1. The van der Waals surface area contributed by atoms with Crippen LogP contribution >= 0.6 is 0 Å². The lowest BCUT2D eigenvalue weighted by Gasteiger charge is -2.29. The van der Waals surface area contributed by atoms with E-state index in [0.29, 0.717) is 37.7 Å². The number of hydrogen-bond acceptors (Lipinski definition) is 3. The van der Waals surface area contributed by atoms with Crippen LogP contribution in [0.4, 0.5) is 20.6 Å². The number of halogens is 1. The minimum absolute atomic E-state index is 0.141. The Kier molecular flexibility index (Phi) is 4.77. The molecule has 1 aromatic carbocycles. The van der Waals surface area contributed by atoms with Crippen molar-refractivity contribution in [2.24, 2.45) is 0 Å². The molecule has 2 fully saturated rings. The molecule has 0 bridgehead atoms. The zero-order valence-corrected chi connectivity index (χ0v) is 12.7. The zero-order valence-electron chi connectivity index (χ0n) is 12.7. The molecule has 0 spiro atoms. The van der Waals surface area contributed by atoms with Gasteiger partial charge in [-0.05, 0) is 37.5 Å². The number of carbonyl (C=O) groups excluding carboxylic acids is 1. The van der Waals surface area contributed by atoms with Gasteiger partial charge in [-0.2, -0.15) is 0 Å². The van der Waals surface area contributed by atoms with Gasteiger partial charge in [0.25, 0.3) is 0 Å². The van der Waals surface area contributed by atoms with Crippen molar-refractivity contribution in [2.45, 2.75) is 19.3 Å². The topological polar surface area (TPSA) is 44.8 Å². The minimum atomic E-state index is -0.307. The van der Waals surface area contributed by atoms with Crippen LogP contribution in [0.2, 0.25) is 0 Å². The van der Waals surface area contributed by atoms with Gasteiger partial charge in [0.15, 0.2) is 0 Å². The van der Waals surface area contributed by atoms with E-state index in [1.807, 2.05) is 4.90 Å². The largest absolute Gasteiger partial charge is 0.378 e. The molecule has 2 aliphatic heterocycles. The summed E-state index contributed by atoms with van der Waals surface area (Å²) in [6.45, 7) is 4.17. The Bertz CT molecular complexity index is 526. The number of nitrogens with one attached hydrogen (secondary N) is 1. The van der Waals surface area contributed by atoms with E-state index in [1.165, 1.54) is 12.5 Å². The molecule has 1 aromatic rings. The van der Waals surface area contributed by atoms with Crippen LogP contribution in [0.25, 0.3) is 0 Å². The molecule has 5 nitrogen and oxygen atoms in total. The Hall–Kier alpha value is -1.82. The maximum absolute atomic E-state index is 14.3. The average molecular weight is 307 g/mol. The number of nitrogens with zero attached hydrogens (tertiary/aromatic N) is 2. The van der Waals surface area contributed by atoms with Gasteiger partial charge in [-0.25, -0.2) is 9.18 Å². The molecule has 1 N–H and O–H groups in total. The lowest BCUT2D eigenvalue weighted by Crippen LogP contribution is -2.38. The molecule has 0 atom stereocenters. The standard InChI is InChI=1S/C16H22FN3O2/c17-14-12-13(18-16(21)20-6-2-1-3-7-20)4-5-15(14)19-8-10-22-11-9-19/h4-5,12H,1-3,6-11H2,(H,18,21). The number of benzene rings is 1. The number of urea groups is 1. The number of rotatable bonds is 2. The summed E-state index contributed by atoms with van der Waals surface area (Å²) in [7, 11) is 0. The highest BCUT2D eigenvalue weighted by molar-refractivity contribution is 5.89. The van der Waals surface area contributed by atoms with Gasteiger partial charge in [0.2, 0.25) is 0 Å². The Morgan fingerprint density at radius 3 is 2.50 bits per heavy atom. The summed E-state index contributed by atoms with van der Waals surface area (Å²) in [6.07, 6.45) is 3.25. The van der Waals surface area contributed by atoms with Gasteiger partial charge in [-0.1, -0.05) is 0 Å². The van der Waals surface area contributed by atoms with E-state index < -0.39 is 0 Å². The van der Waals surface area contributed by atoms with Gasteiger partial charge >= 0.3 is 6.03 Å². The van der Waals surface area contributed by atoms with Gasteiger partial charge < -0.3 is 19.9 Å². The Labute approximate surface area is 130 Å². The summed E-state index contributed by atoms with van der Waals surface area (Å²) in [6, 6.07) is 4.74. The summed E-state index contributed by atoms with van der Waals surface area (Å²) in [5.74, 6) is -0.307. The van der Waals surface area contributed by atoms with E-state index >= 15 is 0 Å². The molecule has 2 heterocycles. The molecule has 3 rings (SSSR count). The third kappa shape index (κ3) is 3.50. The van der Waals surface area contributed by atoms with Crippen LogP contribution < -0.4 is 10.2 Å². The van der Waals surface area contributed by atoms with Gasteiger partial charge in [0, 0.05) is 31.9 Å². The third-order valence-corrected chi connectivity index (χ3v) is 4.19. The Morgan fingerprint density at radius 2 is 1.82 bits per heavy atom. The predicted molar refractivity (Wildman–Crippen MR) is 83.9 cm³/mol. The fraction of sp³-hybridized carbons (Fsp3) is 0.562. The van der Waals surface area contributed by atoms with Crippen molar-refractivity contribution < 1.29 is 13.9 Å². The van der Waals surface area contributed by atoms with Crippen LogP contribution in [0.15, 0.2) is 18.2 Å². The van der Waals surface area contributed by atoms with Crippen molar-refractivity contribution in [1.82, 2.24) is 4.90 Å². The normalized spacial score (nSPS) is 19.1. The summed E-state index contributed by atoms with van der Waals surface area (Å²) >= 11 is 0. The molecule has 2 amide bonds. The van der Waals surface area contributed by atoms with E-state index in [4.69, 9.17) is 4.74 Å². The number of ether oxygens (including phenoxy) is 1. The van der Waals surface area contributed by atoms with Crippen molar-refractivity contribution in [3.63, 3.8) is 0 Å². The van der Waals surface area contributed by atoms with Gasteiger partial charge in [0.1, 0.15) is 5.82 Å². The molecule has 0 saturated carbocycles. The van der Waals surface area contributed by atoms with Gasteiger partial charge in [-0.3, -0.25) is 0 Å². The minimum Gasteiger partial charge on any atom is -0.378 e. The summed E-state index contributed by atoms with van der Waals surface area (Å²) in [5, 5.41) is 2.79. The molecule has 22 heavy (non-hydrogen) atoms. The van der Waals surface area contributed by atoms with Crippen molar-refractivity contribution in [2.75, 3.05) is 49.6 Å². The van der Waals surface area contributed by atoms with Crippen LogP contribution in [0.3, 0.4) is 0 Å². The van der Waals surface area contributed by atoms with E-state index in [0.717, 1.165) is 25.9 Å². The van der Waals surface area contributed by atoms with Crippen LogP contribution in [-0.2, 0) is 4.74 Å². The number of piperidine rings is 1. The summed E-state index contributed by atoms with van der Waals surface area (Å²) in [4.78, 5) is 15.9. The number of carbonyl (C=O) groups is 1. The van der Waals surface area contributed by atoms with Gasteiger partial charge in [0.05, 0.1) is 18.9 Å². The maximum atomic E-state index is 14.3. The van der Waals surface area contributed by atoms with Crippen LogP contribution in [-0.4, -0.2) is 50.3 Å². The van der Waals surface area contributed by atoms with E-state index in [1.54, 1.807) is 17.0 Å². The van der Waals surface area contributed by atoms with Gasteiger partial charge in [-0.15, -0.1) is 0 Å². The van der Waals surface area contributed by atoms with E-state index in [-0.39, 0.29) is 11.8 Å². The first kappa shape index (κ1) is 15.1. The fourth-order valence-electron chi connectivity index (χ4n) is 2.94. The molecule has 6 heteroatoms.